The van der Waals surface area contributed by atoms with Crippen molar-refractivity contribution in [2.45, 2.75) is 26.7 Å². The third-order valence-electron chi connectivity index (χ3n) is 15.0. The van der Waals surface area contributed by atoms with Crippen molar-refractivity contribution in [3.63, 3.8) is 0 Å². The molecule has 0 bridgehead atoms. The van der Waals surface area contributed by atoms with Gasteiger partial charge < -0.3 is 9.80 Å². The van der Waals surface area contributed by atoms with Crippen molar-refractivity contribution >= 4 is 66.4 Å². The zero-order chi connectivity index (χ0) is 53.3. The summed E-state index contributed by atoms with van der Waals surface area (Å²) in [4.78, 5) is 4.74. The summed E-state index contributed by atoms with van der Waals surface area (Å²) in [6, 6.07) is 89.1. The van der Waals surface area contributed by atoms with Crippen LogP contribution in [0.1, 0.15) is 47.2 Å². The Labute approximate surface area is 454 Å². The second-order valence-corrected chi connectivity index (χ2v) is 19.6. The van der Waals surface area contributed by atoms with Gasteiger partial charge in [0.15, 0.2) is 0 Å². The number of aryl methyl sites for hydroxylation is 2. The zero-order valence-electron chi connectivity index (χ0n) is 43.0. The molecule has 12 aromatic rings. The van der Waals surface area contributed by atoms with E-state index in [1.165, 1.54) is 11.1 Å². The number of nitriles is 4. The molecule has 0 heterocycles. The van der Waals surface area contributed by atoms with Crippen molar-refractivity contribution < 1.29 is 0 Å². The first kappa shape index (κ1) is 48.2. The lowest BCUT2D eigenvalue weighted by Crippen LogP contribution is -2.12. The molecule has 78 heavy (non-hydrogen) atoms. The summed E-state index contributed by atoms with van der Waals surface area (Å²) in [5, 5.41) is 45.6. The fourth-order valence-electron chi connectivity index (χ4n) is 10.9. The Kier molecular flexibility index (Phi) is 12.7. The van der Waals surface area contributed by atoms with Crippen molar-refractivity contribution in [3.8, 4) is 68.8 Å². The van der Waals surface area contributed by atoms with Crippen LogP contribution in [0.25, 0.3) is 76.8 Å². The van der Waals surface area contributed by atoms with Gasteiger partial charge in [-0.15, -0.1) is 0 Å². The predicted octanol–water partition coefficient (Wildman–Crippen LogP) is 18.8. The van der Waals surface area contributed by atoms with Crippen LogP contribution in [0.4, 0.5) is 34.1 Å². The van der Waals surface area contributed by atoms with Crippen LogP contribution < -0.4 is 9.80 Å². The Balaban J connectivity index is 1.10. The molecule has 0 aromatic heterocycles. The van der Waals surface area contributed by atoms with E-state index < -0.39 is 0 Å². The standard InChI is InChI=1S/C72H48N6/c1-3-47-13-29-63(30-14-47)77(65-39-59(53-17-5-49(43-73)6-18-53)37-60(40-65)54-19-7-50(44-74)8-20-54)69-35-27-57-26-34-68-70(36-28-58-25-33-67(69)71(57)72(58)68)78(64-31-15-48(4-2)16-32-64)66-41-61(55-21-9-51(45-75)10-22-55)38-62(42-66)56-23-11-52(46-76)12-24-56/h5-42H,3-4H2,1-2H3. The number of rotatable bonds is 12. The van der Waals surface area contributed by atoms with Gasteiger partial charge in [-0.3, -0.25) is 0 Å². The van der Waals surface area contributed by atoms with Gasteiger partial charge in [0.05, 0.1) is 57.9 Å². The van der Waals surface area contributed by atoms with E-state index in [0.29, 0.717) is 22.3 Å². The van der Waals surface area contributed by atoms with E-state index in [4.69, 9.17) is 0 Å². The molecule has 0 aliphatic rings. The van der Waals surface area contributed by atoms with Crippen molar-refractivity contribution in [3.05, 3.63) is 264 Å². The zero-order valence-corrected chi connectivity index (χ0v) is 43.0. The summed E-state index contributed by atoms with van der Waals surface area (Å²) in [5.74, 6) is 0. The summed E-state index contributed by atoms with van der Waals surface area (Å²) < 4.78 is 0. The molecule has 6 heteroatoms. The molecule has 0 N–H and O–H groups in total. The number of benzene rings is 12. The van der Waals surface area contributed by atoms with Crippen LogP contribution >= 0.6 is 0 Å². The Morgan fingerprint density at radius 2 is 0.564 bits per heavy atom. The second kappa shape index (κ2) is 20.5. The highest BCUT2D eigenvalue weighted by atomic mass is 15.2. The van der Waals surface area contributed by atoms with Crippen LogP contribution in [-0.4, -0.2) is 0 Å². The lowest BCUT2D eigenvalue weighted by molar-refractivity contribution is 1.14. The maximum atomic E-state index is 9.72. The maximum absolute atomic E-state index is 9.72. The molecule has 0 radical (unpaired) electrons. The molecule has 0 aliphatic heterocycles. The van der Waals surface area contributed by atoms with E-state index >= 15 is 0 Å². The number of hydrogen-bond acceptors (Lipinski definition) is 6. The average molecular weight is 997 g/mol. The van der Waals surface area contributed by atoms with Gasteiger partial charge in [-0.1, -0.05) is 123 Å². The Morgan fingerprint density at radius 3 is 0.833 bits per heavy atom. The first-order valence-electron chi connectivity index (χ1n) is 26.1. The van der Waals surface area contributed by atoms with E-state index in [0.717, 1.165) is 124 Å². The van der Waals surface area contributed by atoms with Gasteiger partial charge in [-0.05, 0) is 211 Å². The molecule has 0 amide bonds. The summed E-state index contributed by atoms with van der Waals surface area (Å²) in [7, 11) is 0. The normalized spacial score (nSPS) is 11.0. The Bertz CT molecular complexity index is 3960. The van der Waals surface area contributed by atoms with Gasteiger partial charge in [-0.2, -0.15) is 21.0 Å². The van der Waals surface area contributed by atoms with E-state index in [1.54, 1.807) is 0 Å². The highest BCUT2D eigenvalue weighted by Gasteiger charge is 2.24. The van der Waals surface area contributed by atoms with Gasteiger partial charge in [0, 0.05) is 33.5 Å². The molecule has 366 valence electrons. The third-order valence-corrected chi connectivity index (χ3v) is 15.0. The van der Waals surface area contributed by atoms with Crippen LogP contribution in [0, 0.1) is 45.3 Å². The van der Waals surface area contributed by atoms with Crippen LogP contribution in [0.3, 0.4) is 0 Å². The largest absolute Gasteiger partial charge is 0.310 e. The van der Waals surface area contributed by atoms with Crippen molar-refractivity contribution in [1.82, 2.24) is 0 Å². The summed E-state index contributed by atoms with van der Waals surface area (Å²) in [6.45, 7) is 4.35. The van der Waals surface area contributed by atoms with Crippen LogP contribution in [-0.2, 0) is 12.8 Å². The molecule has 6 nitrogen and oxygen atoms in total. The van der Waals surface area contributed by atoms with Gasteiger partial charge in [0.1, 0.15) is 0 Å². The van der Waals surface area contributed by atoms with E-state index in [2.05, 4.69) is 181 Å². The molecular weight excluding hydrogens is 949 g/mol. The third kappa shape index (κ3) is 8.97. The minimum Gasteiger partial charge on any atom is -0.310 e. The number of hydrogen-bond donors (Lipinski definition) is 0. The first-order valence-corrected chi connectivity index (χ1v) is 26.1. The molecule has 0 spiro atoms. The summed E-state index contributed by atoms with van der Waals surface area (Å²) >= 11 is 0. The topological polar surface area (TPSA) is 102 Å². The minimum atomic E-state index is 0.596. The fourth-order valence-corrected chi connectivity index (χ4v) is 10.9. The monoisotopic (exact) mass is 996 g/mol. The van der Waals surface area contributed by atoms with Crippen LogP contribution in [0.2, 0.25) is 0 Å². The molecule has 0 atom stereocenters. The molecular formula is C72H48N6. The van der Waals surface area contributed by atoms with E-state index in [1.807, 2.05) is 97.1 Å². The van der Waals surface area contributed by atoms with Crippen molar-refractivity contribution in [2.24, 2.45) is 0 Å². The Morgan fingerprint density at radius 1 is 0.282 bits per heavy atom. The fraction of sp³-hybridized carbons (Fsp3) is 0.0556. The van der Waals surface area contributed by atoms with Gasteiger partial charge >= 0.3 is 0 Å². The SMILES string of the molecule is CCc1ccc(N(c2cc(-c3ccc(C#N)cc3)cc(-c3ccc(C#N)cc3)c2)c2ccc3ccc4c(N(c5ccc(CC)cc5)c5cc(-c6ccc(C#N)cc6)cc(-c6ccc(C#N)cc6)c5)ccc5ccc2c3c54)cc1. The summed E-state index contributed by atoms with van der Waals surface area (Å²) in [6.07, 6.45) is 1.82. The smallest absolute Gasteiger partial charge is 0.0991 e. The van der Waals surface area contributed by atoms with Gasteiger partial charge in [0.25, 0.3) is 0 Å². The van der Waals surface area contributed by atoms with Gasteiger partial charge in [0.2, 0.25) is 0 Å². The maximum Gasteiger partial charge on any atom is 0.0991 e. The average Bonchev–Trinajstić information content (AvgIpc) is 3.69. The highest BCUT2D eigenvalue weighted by molar-refractivity contribution is 6.28. The van der Waals surface area contributed by atoms with Crippen LogP contribution in [0.5, 0.6) is 0 Å². The first-order chi connectivity index (χ1) is 38.3. The molecule has 12 rings (SSSR count). The van der Waals surface area contributed by atoms with Crippen molar-refractivity contribution in [2.75, 3.05) is 9.80 Å². The number of nitrogens with zero attached hydrogens (tertiary/aromatic N) is 6. The van der Waals surface area contributed by atoms with E-state index in [9.17, 15) is 21.0 Å². The highest BCUT2D eigenvalue weighted by Crippen LogP contribution is 2.49. The molecule has 0 saturated heterocycles. The van der Waals surface area contributed by atoms with Crippen molar-refractivity contribution in [1.29, 1.82) is 21.0 Å². The van der Waals surface area contributed by atoms with Crippen LogP contribution in [0.15, 0.2) is 231 Å². The molecule has 0 fully saturated rings. The molecule has 12 aromatic carbocycles. The Hall–Kier alpha value is -10.8. The second-order valence-electron chi connectivity index (χ2n) is 19.6. The lowest BCUT2D eigenvalue weighted by atomic mass is 9.91. The lowest BCUT2D eigenvalue weighted by Gasteiger charge is -2.30. The minimum absolute atomic E-state index is 0.596. The number of anilines is 6. The molecule has 0 unspecified atom stereocenters. The molecule has 0 saturated carbocycles. The quantitative estimate of drug-likeness (QED) is 0.113. The predicted molar refractivity (Wildman–Crippen MR) is 319 cm³/mol. The molecule has 0 aliphatic carbocycles. The van der Waals surface area contributed by atoms with Gasteiger partial charge in [-0.25, -0.2) is 0 Å². The van der Waals surface area contributed by atoms with E-state index in [-0.39, 0.29) is 0 Å². The summed E-state index contributed by atoms with van der Waals surface area (Å²) in [5.41, 5.74) is 18.7.